The van der Waals surface area contributed by atoms with Crippen LogP contribution in [0.4, 0.5) is 5.69 Å². The Kier molecular flexibility index (Phi) is 6.32. The first-order chi connectivity index (χ1) is 14.6. The lowest BCUT2D eigenvalue weighted by Crippen LogP contribution is -2.22. The standard InChI is InChI=1S/C24H27BrN4O/c1-3-4-7-23-27-22-11-9-19(25)15-21(22)24(30)29(23)26-16-18-8-10-20(14-17(18)2)28-12-5-6-13-28/h8-11,14-16H,3-7,12-13H2,1-2H3. The van der Waals surface area contributed by atoms with Crippen LogP contribution in [0.25, 0.3) is 10.9 Å². The lowest BCUT2D eigenvalue weighted by atomic mass is 10.1. The molecule has 2 heterocycles. The van der Waals surface area contributed by atoms with E-state index in [1.165, 1.54) is 23.2 Å². The molecule has 0 unspecified atom stereocenters. The summed E-state index contributed by atoms with van der Waals surface area (Å²) in [5.41, 5.74) is 4.02. The van der Waals surface area contributed by atoms with E-state index < -0.39 is 0 Å². The minimum atomic E-state index is -0.130. The van der Waals surface area contributed by atoms with Gasteiger partial charge in [-0.1, -0.05) is 35.3 Å². The topological polar surface area (TPSA) is 50.5 Å². The Bertz CT molecular complexity index is 1150. The van der Waals surface area contributed by atoms with Crippen molar-refractivity contribution in [3.8, 4) is 0 Å². The van der Waals surface area contributed by atoms with Gasteiger partial charge in [0.2, 0.25) is 0 Å². The van der Waals surface area contributed by atoms with E-state index in [9.17, 15) is 4.79 Å². The molecule has 0 N–H and O–H groups in total. The van der Waals surface area contributed by atoms with E-state index in [0.717, 1.165) is 48.0 Å². The number of hydrogen-bond acceptors (Lipinski definition) is 4. The maximum Gasteiger partial charge on any atom is 0.282 e. The fourth-order valence-electron chi connectivity index (χ4n) is 3.91. The summed E-state index contributed by atoms with van der Waals surface area (Å²) in [6.07, 6.45) is 7.03. The Labute approximate surface area is 185 Å². The molecule has 0 bridgehead atoms. The number of rotatable bonds is 6. The van der Waals surface area contributed by atoms with Crippen LogP contribution in [0, 0.1) is 6.92 Å². The Morgan fingerprint density at radius 2 is 1.97 bits per heavy atom. The highest BCUT2D eigenvalue weighted by Gasteiger charge is 2.13. The Morgan fingerprint density at radius 1 is 1.17 bits per heavy atom. The number of halogens is 1. The molecule has 0 spiro atoms. The van der Waals surface area contributed by atoms with Gasteiger partial charge in [-0.15, -0.1) is 0 Å². The molecule has 2 aromatic carbocycles. The molecule has 0 atom stereocenters. The van der Waals surface area contributed by atoms with Gasteiger partial charge in [-0.3, -0.25) is 4.79 Å². The highest BCUT2D eigenvalue weighted by atomic mass is 79.9. The van der Waals surface area contributed by atoms with Crippen molar-refractivity contribution in [2.45, 2.75) is 46.0 Å². The van der Waals surface area contributed by atoms with Crippen molar-refractivity contribution in [2.24, 2.45) is 5.10 Å². The molecule has 4 rings (SSSR count). The molecule has 1 fully saturated rings. The molecular formula is C24H27BrN4O. The van der Waals surface area contributed by atoms with Crippen LogP contribution in [0.1, 0.15) is 49.6 Å². The van der Waals surface area contributed by atoms with Crippen LogP contribution in [0.5, 0.6) is 0 Å². The summed E-state index contributed by atoms with van der Waals surface area (Å²) < 4.78 is 2.33. The van der Waals surface area contributed by atoms with Crippen LogP contribution in [0.15, 0.2) is 50.8 Å². The zero-order valence-corrected chi connectivity index (χ0v) is 19.2. The van der Waals surface area contributed by atoms with Crippen LogP contribution in [-0.2, 0) is 6.42 Å². The van der Waals surface area contributed by atoms with Crippen molar-refractivity contribution in [3.05, 3.63) is 68.2 Å². The molecule has 156 valence electrons. The Morgan fingerprint density at radius 3 is 2.70 bits per heavy atom. The van der Waals surface area contributed by atoms with Crippen molar-refractivity contribution in [1.29, 1.82) is 0 Å². The average molecular weight is 467 g/mol. The highest BCUT2D eigenvalue weighted by molar-refractivity contribution is 9.10. The van der Waals surface area contributed by atoms with Gasteiger partial charge in [0.05, 0.1) is 17.1 Å². The van der Waals surface area contributed by atoms with Crippen molar-refractivity contribution in [1.82, 2.24) is 9.66 Å². The van der Waals surface area contributed by atoms with Crippen LogP contribution < -0.4 is 10.5 Å². The van der Waals surface area contributed by atoms with E-state index in [-0.39, 0.29) is 5.56 Å². The molecule has 1 aliphatic rings. The summed E-state index contributed by atoms with van der Waals surface area (Å²) in [6.45, 7) is 6.48. The van der Waals surface area contributed by atoms with Crippen molar-refractivity contribution in [3.63, 3.8) is 0 Å². The SMILES string of the molecule is CCCCc1nc2ccc(Br)cc2c(=O)n1N=Cc1ccc(N2CCCC2)cc1C. The van der Waals surface area contributed by atoms with Crippen molar-refractivity contribution in [2.75, 3.05) is 18.0 Å². The normalized spacial score (nSPS) is 14.3. The second kappa shape index (κ2) is 9.13. The highest BCUT2D eigenvalue weighted by Crippen LogP contribution is 2.22. The lowest BCUT2D eigenvalue weighted by molar-refractivity contribution is 0.675. The van der Waals surface area contributed by atoms with E-state index in [4.69, 9.17) is 4.98 Å². The van der Waals surface area contributed by atoms with E-state index in [1.54, 1.807) is 6.21 Å². The third-order valence-corrected chi connectivity index (χ3v) is 6.16. The maximum atomic E-state index is 13.2. The summed E-state index contributed by atoms with van der Waals surface area (Å²) in [7, 11) is 0. The van der Waals surface area contributed by atoms with Gasteiger partial charge in [-0.05, 0) is 67.6 Å². The zero-order chi connectivity index (χ0) is 21.1. The first kappa shape index (κ1) is 20.8. The van der Waals surface area contributed by atoms with Gasteiger partial charge in [-0.2, -0.15) is 9.78 Å². The van der Waals surface area contributed by atoms with Gasteiger partial charge in [-0.25, -0.2) is 4.98 Å². The quantitative estimate of drug-likeness (QED) is 0.463. The largest absolute Gasteiger partial charge is 0.372 e. The number of unbranched alkanes of at least 4 members (excludes halogenated alkanes) is 1. The first-order valence-electron chi connectivity index (χ1n) is 10.7. The number of aromatic nitrogens is 2. The Balaban J connectivity index is 1.72. The molecular weight excluding hydrogens is 440 g/mol. The second-order valence-electron chi connectivity index (χ2n) is 7.89. The van der Waals surface area contributed by atoms with Crippen LogP contribution in [-0.4, -0.2) is 29.0 Å². The molecule has 5 nitrogen and oxygen atoms in total. The summed E-state index contributed by atoms with van der Waals surface area (Å²) in [5.74, 6) is 0.708. The van der Waals surface area contributed by atoms with Crippen molar-refractivity contribution >= 4 is 38.7 Å². The third kappa shape index (κ3) is 4.33. The molecule has 0 aliphatic carbocycles. The molecule has 6 heteroatoms. The van der Waals surface area contributed by atoms with Crippen LogP contribution in [0.2, 0.25) is 0 Å². The molecule has 0 radical (unpaired) electrons. The van der Waals surface area contributed by atoms with E-state index >= 15 is 0 Å². The van der Waals surface area contributed by atoms with Crippen molar-refractivity contribution < 1.29 is 0 Å². The third-order valence-electron chi connectivity index (χ3n) is 5.67. The molecule has 1 aromatic heterocycles. The number of anilines is 1. The molecule has 30 heavy (non-hydrogen) atoms. The maximum absolute atomic E-state index is 13.2. The predicted molar refractivity (Wildman–Crippen MR) is 128 cm³/mol. The average Bonchev–Trinajstić information content (AvgIpc) is 3.28. The number of hydrogen-bond donors (Lipinski definition) is 0. The van der Waals surface area contributed by atoms with Gasteiger partial charge in [0.15, 0.2) is 0 Å². The minimum Gasteiger partial charge on any atom is -0.372 e. The minimum absolute atomic E-state index is 0.130. The predicted octanol–water partition coefficient (Wildman–Crippen LogP) is 5.29. The smallest absolute Gasteiger partial charge is 0.282 e. The number of fused-ring (bicyclic) bond motifs is 1. The van der Waals surface area contributed by atoms with Gasteiger partial charge < -0.3 is 4.90 Å². The molecule has 0 saturated carbocycles. The lowest BCUT2D eigenvalue weighted by Gasteiger charge is -2.18. The van der Waals surface area contributed by atoms with Gasteiger partial charge in [0, 0.05) is 29.7 Å². The summed E-state index contributed by atoms with van der Waals surface area (Å²) in [5, 5.41) is 5.16. The van der Waals surface area contributed by atoms with Gasteiger partial charge in [0.25, 0.3) is 5.56 Å². The molecule has 1 saturated heterocycles. The molecule has 3 aromatic rings. The summed E-state index contributed by atoms with van der Waals surface area (Å²) >= 11 is 3.45. The monoisotopic (exact) mass is 466 g/mol. The van der Waals surface area contributed by atoms with E-state index in [1.807, 2.05) is 18.2 Å². The van der Waals surface area contributed by atoms with E-state index in [2.05, 4.69) is 58.0 Å². The Hall–Kier alpha value is -2.47. The zero-order valence-electron chi connectivity index (χ0n) is 17.6. The summed E-state index contributed by atoms with van der Waals surface area (Å²) in [4.78, 5) is 20.3. The fourth-order valence-corrected chi connectivity index (χ4v) is 4.27. The fraction of sp³-hybridized carbons (Fsp3) is 0.375. The first-order valence-corrected chi connectivity index (χ1v) is 11.5. The van der Waals surface area contributed by atoms with Gasteiger partial charge >= 0.3 is 0 Å². The van der Waals surface area contributed by atoms with Gasteiger partial charge in [0.1, 0.15) is 5.82 Å². The number of nitrogens with zero attached hydrogens (tertiary/aromatic N) is 4. The molecule has 0 amide bonds. The van der Waals surface area contributed by atoms with E-state index in [0.29, 0.717) is 16.7 Å². The number of aryl methyl sites for hydroxylation is 2. The molecule has 1 aliphatic heterocycles. The second-order valence-corrected chi connectivity index (χ2v) is 8.81. The van der Waals surface area contributed by atoms with Crippen LogP contribution >= 0.6 is 15.9 Å². The van der Waals surface area contributed by atoms with Crippen LogP contribution in [0.3, 0.4) is 0 Å². The number of benzene rings is 2. The summed E-state index contributed by atoms with van der Waals surface area (Å²) in [6, 6.07) is 12.1.